The van der Waals surface area contributed by atoms with Crippen LogP contribution < -0.4 is 5.73 Å². The largest absolute Gasteiger partial charge is 0.368 e. The second-order valence-electron chi connectivity index (χ2n) is 8.07. The molecule has 27 heavy (non-hydrogen) atoms. The maximum Gasteiger partial charge on any atom is 0.243 e. The molecule has 2 N–H and O–H groups in total. The fourth-order valence-corrected chi connectivity index (χ4v) is 5.75. The van der Waals surface area contributed by atoms with Crippen LogP contribution in [0.1, 0.15) is 57.4 Å². The molecule has 2 aliphatic rings. The Bertz CT molecular complexity index is 760. The minimum atomic E-state index is -3.55. The molecular formula is C20H31N3O3S. The van der Waals surface area contributed by atoms with Gasteiger partial charge in [-0.15, -0.1) is 0 Å². The summed E-state index contributed by atoms with van der Waals surface area (Å²) in [4.78, 5) is 14.8. The molecular weight excluding hydrogens is 362 g/mol. The maximum atomic E-state index is 13.0. The second-order valence-corrected chi connectivity index (χ2v) is 10.0. The lowest BCUT2D eigenvalue weighted by molar-refractivity contribution is -0.134. The van der Waals surface area contributed by atoms with Crippen LogP contribution >= 0.6 is 0 Å². The minimum Gasteiger partial charge on any atom is -0.368 e. The number of rotatable bonds is 5. The van der Waals surface area contributed by atoms with Gasteiger partial charge in [0.1, 0.15) is 5.54 Å². The summed E-state index contributed by atoms with van der Waals surface area (Å²) in [6.07, 6.45) is 4.24. The molecule has 0 atom stereocenters. The summed E-state index contributed by atoms with van der Waals surface area (Å²) < 4.78 is 27.5. The van der Waals surface area contributed by atoms with Crippen molar-refractivity contribution < 1.29 is 13.2 Å². The van der Waals surface area contributed by atoms with Crippen LogP contribution in [-0.2, 0) is 14.8 Å². The van der Waals surface area contributed by atoms with Gasteiger partial charge in [0.05, 0.1) is 4.90 Å². The van der Waals surface area contributed by atoms with E-state index in [4.69, 9.17) is 5.73 Å². The summed E-state index contributed by atoms with van der Waals surface area (Å²) in [5.41, 5.74) is 6.21. The topological polar surface area (TPSA) is 83.7 Å². The van der Waals surface area contributed by atoms with E-state index in [2.05, 4.69) is 18.7 Å². The van der Waals surface area contributed by atoms with Crippen molar-refractivity contribution in [1.82, 2.24) is 9.21 Å². The number of primary amides is 1. The van der Waals surface area contributed by atoms with E-state index in [1.807, 2.05) is 12.1 Å². The molecule has 0 saturated carbocycles. The number of amides is 1. The summed E-state index contributed by atoms with van der Waals surface area (Å²) in [5, 5.41) is 0. The summed E-state index contributed by atoms with van der Waals surface area (Å²) >= 11 is 0. The molecule has 2 fully saturated rings. The highest BCUT2D eigenvalue weighted by Crippen LogP contribution is 2.33. The van der Waals surface area contributed by atoms with Gasteiger partial charge < -0.3 is 5.73 Å². The number of hydrogen-bond donors (Lipinski definition) is 1. The van der Waals surface area contributed by atoms with Crippen LogP contribution in [0.2, 0.25) is 0 Å². The van der Waals surface area contributed by atoms with Crippen LogP contribution in [0.3, 0.4) is 0 Å². The van der Waals surface area contributed by atoms with Crippen LogP contribution in [0.5, 0.6) is 0 Å². The first-order valence-electron chi connectivity index (χ1n) is 9.92. The fourth-order valence-electron chi connectivity index (χ4n) is 4.31. The van der Waals surface area contributed by atoms with Gasteiger partial charge in [0.15, 0.2) is 0 Å². The Labute approximate surface area is 162 Å². The average Bonchev–Trinajstić information content (AvgIpc) is 2.68. The van der Waals surface area contributed by atoms with E-state index in [1.165, 1.54) is 10.7 Å². The second kappa shape index (κ2) is 7.89. The summed E-state index contributed by atoms with van der Waals surface area (Å²) in [6.45, 7) is 6.55. The molecule has 7 heteroatoms. The number of nitrogens with zero attached hydrogens (tertiary/aromatic N) is 2. The molecule has 2 aliphatic heterocycles. The molecule has 0 unspecified atom stereocenters. The van der Waals surface area contributed by atoms with Crippen LogP contribution in [0, 0.1) is 0 Å². The third-order valence-electron chi connectivity index (χ3n) is 6.15. The van der Waals surface area contributed by atoms with Crippen molar-refractivity contribution in [3.05, 3.63) is 29.8 Å². The molecule has 0 radical (unpaired) electrons. The monoisotopic (exact) mass is 393 g/mol. The molecule has 2 heterocycles. The van der Waals surface area contributed by atoms with E-state index in [0.29, 0.717) is 36.7 Å². The molecule has 3 rings (SSSR count). The number of sulfonamides is 1. The first kappa shape index (κ1) is 20.3. The number of nitrogens with two attached hydrogens (primary N) is 1. The molecule has 2 saturated heterocycles. The van der Waals surface area contributed by atoms with E-state index in [1.54, 1.807) is 12.1 Å². The summed E-state index contributed by atoms with van der Waals surface area (Å²) in [6, 6.07) is 7.13. The maximum absolute atomic E-state index is 13.0. The Balaban J connectivity index is 1.75. The third kappa shape index (κ3) is 3.91. The average molecular weight is 394 g/mol. The van der Waals surface area contributed by atoms with E-state index in [-0.39, 0.29) is 5.91 Å². The highest BCUT2D eigenvalue weighted by atomic mass is 32.2. The lowest BCUT2D eigenvalue weighted by Gasteiger charge is -2.47. The Morgan fingerprint density at radius 3 is 2.04 bits per heavy atom. The van der Waals surface area contributed by atoms with Crippen molar-refractivity contribution in [3.63, 3.8) is 0 Å². The van der Waals surface area contributed by atoms with Gasteiger partial charge in [-0.3, -0.25) is 9.69 Å². The van der Waals surface area contributed by atoms with Crippen molar-refractivity contribution in [2.75, 3.05) is 26.2 Å². The highest BCUT2D eigenvalue weighted by Gasteiger charge is 2.47. The molecule has 0 aromatic heterocycles. The van der Waals surface area contributed by atoms with Gasteiger partial charge in [-0.1, -0.05) is 32.4 Å². The van der Waals surface area contributed by atoms with E-state index in [9.17, 15) is 13.2 Å². The van der Waals surface area contributed by atoms with E-state index < -0.39 is 15.6 Å². The molecule has 1 aromatic carbocycles. The molecule has 0 aliphatic carbocycles. The van der Waals surface area contributed by atoms with Gasteiger partial charge in [-0.25, -0.2) is 8.42 Å². The number of carbonyl (C=O) groups is 1. The Morgan fingerprint density at radius 2 is 1.56 bits per heavy atom. The Kier molecular flexibility index (Phi) is 5.93. The fraction of sp³-hybridized carbons (Fsp3) is 0.650. The smallest absolute Gasteiger partial charge is 0.243 e. The number of carbonyl (C=O) groups excluding carboxylic acids is 1. The number of piperidine rings is 2. The van der Waals surface area contributed by atoms with Crippen molar-refractivity contribution in [1.29, 1.82) is 0 Å². The number of likely N-dealkylation sites (tertiary alicyclic amines) is 1. The first-order valence-corrected chi connectivity index (χ1v) is 11.4. The molecule has 0 bridgehead atoms. The third-order valence-corrected chi connectivity index (χ3v) is 8.07. The van der Waals surface area contributed by atoms with Gasteiger partial charge in [0.2, 0.25) is 15.9 Å². The number of hydrogen-bond acceptors (Lipinski definition) is 4. The van der Waals surface area contributed by atoms with E-state index >= 15 is 0 Å². The molecule has 1 aromatic rings. The SMILES string of the molecule is CC(C)c1ccc(S(=O)(=O)N2CCC(C(N)=O)(N3CCCCC3)CC2)cc1. The standard InChI is InChI=1S/C20H31N3O3S/c1-16(2)17-6-8-18(9-7-17)27(25,26)23-14-10-20(11-15-23,19(21)24)22-12-4-3-5-13-22/h6-9,16H,3-5,10-15H2,1-2H3,(H2,21,24). The minimum absolute atomic E-state index is 0.316. The molecule has 0 spiro atoms. The van der Waals surface area contributed by atoms with Gasteiger partial charge >= 0.3 is 0 Å². The molecule has 6 nitrogen and oxygen atoms in total. The lowest BCUT2D eigenvalue weighted by atomic mass is 9.84. The van der Waals surface area contributed by atoms with Crippen LogP contribution in [0.25, 0.3) is 0 Å². The number of benzene rings is 1. The van der Waals surface area contributed by atoms with Crippen molar-refractivity contribution in [2.24, 2.45) is 5.73 Å². The zero-order valence-corrected chi connectivity index (χ0v) is 17.2. The van der Waals surface area contributed by atoms with Gasteiger partial charge in [0, 0.05) is 13.1 Å². The van der Waals surface area contributed by atoms with E-state index in [0.717, 1.165) is 31.5 Å². The quantitative estimate of drug-likeness (QED) is 0.832. The van der Waals surface area contributed by atoms with Gasteiger partial charge in [0.25, 0.3) is 0 Å². The highest BCUT2D eigenvalue weighted by molar-refractivity contribution is 7.89. The first-order chi connectivity index (χ1) is 12.8. The molecule has 150 valence electrons. The van der Waals surface area contributed by atoms with Crippen LogP contribution in [0.15, 0.2) is 29.2 Å². The lowest BCUT2D eigenvalue weighted by Crippen LogP contribution is -2.63. The predicted molar refractivity (Wildman–Crippen MR) is 106 cm³/mol. The molecule has 1 amide bonds. The van der Waals surface area contributed by atoms with Gasteiger partial charge in [-0.05, 0) is 62.4 Å². The van der Waals surface area contributed by atoms with Crippen molar-refractivity contribution in [2.45, 2.75) is 62.3 Å². The van der Waals surface area contributed by atoms with Crippen LogP contribution in [-0.4, -0.2) is 55.2 Å². The summed E-state index contributed by atoms with van der Waals surface area (Å²) in [7, 11) is -3.55. The van der Waals surface area contributed by atoms with Crippen molar-refractivity contribution in [3.8, 4) is 0 Å². The van der Waals surface area contributed by atoms with Crippen LogP contribution in [0.4, 0.5) is 0 Å². The normalized spacial score (nSPS) is 22.0. The summed E-state index contributed by atoms with van der Waals surface area (Å²) in [5.74, 6) is 0.0419. The van der Waals surface area contributed by atoms with Gasteiger partial charge in [-0.2, -0.15) is 4.31 Å². The Morgan fingerprint density at radius 1 is 1.00 bits per heavy atom. The zero-order valence-electron chi connectivity index (χ0n) is 16.4. The Hall–Kier alpha value is -1.44. The predicted octanol–water partition coefficient (Wildman–Crippen LogP) is 2.30. The zero-order chi connectivity index (χ0) is 19.7. The van der Waals surface area contributed by atoms with Crippen molar-refractivity contribution >= 4 is 15.9 Å².